The minimum absolute atomic E-state index is 0. The van der Waals surface area contributed by atoms with E-state index in [2.05, 4.69) is 0 Å². The summed E-state index contributed by atoms with van der Waals surface area (Å²) >= 11 is 33.1. The van der Waals surface area contributed by atoms with Gasteiger partial charge >= 0.3 is 109 Å². The normalized spacial score (nSPS) is 10.9. The topological polar surface area (TPSA) is 87.7 Å². The zero-order chi connectivity index (χ0) is 24.5. The molecule has 2 aliphatic rings. The Bertz CT molecular complexity index is 1580. The van der Waals surface area contributed by atoms with E-state index in [9.17, 15) is 19.8 Å². The second kappa shape index (κ2) is 13.8. The second-order valence-electron chi connectivity index (χ2n) is 6.56. The number of hydrogen-bond acceptors (Lipinski definition) is 4. The van der Waals surface area contributed by atoms with E-state index in [1.165, 1.54) is 0 Å². The number of carboxylic acid groups (broad SMARTS) is 1. The molecule has 0 unspecified atom stereocenters. The van der Waals surface area contributed by atoms with Gasteiger partial charge in [0.05, 0.1) is 36.4 Å². The van der Waals surface area contributed by atoms with Gasteiger partial charge in [-0.25, -0.2) is 4.79 Å². The van der Waals surface area contributed by atoms with Crippen LogP contribution in [-0.4, -0.2) is 119 Å². The molecule has 15 heteroatoms. The summed E-state index contributed by atoms with van der Waals surface area (Å²) in [5.41, 5.74) is 0.423. The number of aromatic carboxylic acids is 1. The van der Waals surface area contributed by atoms with Crippen molar-refractivity contribution in [1.29, 1.82) is 0 Å². The fourth-order valence-corrected chi connectivity index (χ4v) is 7.93. The summed E-state index contributed by atoms with van der Waals surface area (Å²) in [4.78, 5) is 25.0. The molecule has 1 aliphatic carbocycles. The Labute approximate surface area is 357 Å². The first-order chi connectivity index (χ1) is 15.4. The molecule has 0 bridgehead atoms. The number of halogens is 8. The molecule has 35 heavy (non-hydrogen) atoms. The summed E-state index contributed by atoms with van der Waals surface area (Å²) in [6, 6.07) is 3.22. The van der Waals surface area contributed by atoms with Crippen LogP contribution in [-0.2, 0) is 0 Å². The van der Waals surface area contributed by atoms with Crippen molar-refractivity contribution in [3.05, 3.63) is 62.3 Å². The van der Waals surface area contributed by atoms with Gasteiger partial charge in [-0.15, -0.1) is 0 Å². The predicted octanol–water partition coefficient (Wildman–Crippen LogP) is 7.70. The summed E-state index contributed by atoms with van der Waals surface area (Å²) in [5, 5.41) is 20.3. The van der Waals surface area contributed by atoms with E-state index in [-0.39, 0.29) is 160 Å². The third kappa shape index (κ3) is 6.27. The average molecular weight is 1050 g/mol. The Balaban J connectivity index is 0.00000216. The summed E-state index contributed by atoms with van der Waals surface area (Å²) in [6.45, 7) is 0. The molecule has 4 rings (SSSR count). The number of hydrogen-bond donors (Lipinski definition) is 2. The van der Waals surface area contributed by atoms with Gasteiger partial charge < -0.3 is 14.6 Å². The Morgan fingerprint density at radius 2 is 1.40 bits per heavy atom. The number of phenols is 1. The van der Waals surface area contributed by atoms with E-state index in [4.69, 9.17) is 50.8 Å². The Hall–Kier alpha value is 3.75. The molecule has 0 atom stereocenters. The van der Waals surface area contributed by atoms with Gasteiger partial charge in [0, 0.05) is 22.1 Å². The molecular formula is C20H6Cl4I4K2O5. The fraction of sp³-hybridized carbons (Fsp3) is 0. The van der Waals surface area contributed by atoms with Gasteiger partial charge in [0.25, 0.3) is 0 Å². The SMILES string of the molecule is O=C(O)c1c(Cl)c(Cl)c(Cl)c(Cl)c1-c1c2cc(I)c(=O)c(I)c-2oc2c(I)c(O)c(I)cc12.[KH].[KH]. The predicted molar refractivity (Wildman–Crippen MR) is 178 cm³/mol. The fourth-order valence-electron chi connectivity index (χ4n) is 3.33. The van der Waals surface area contributed by atoms with Gasteiger partial charge in [-0.1, -0.05) is 46.4 Å². The van der Waals surface area contributed by atoms with Crippen LogP contribution >= 0.6 is 137 Å². The molecular weight excluding hydrogens is 1050 g/mol. The van der Waals surface area contributed by atoms with Crippen molar-refractivity contribution < 1.29 is 19.4 Å². The second-order valence-corrected chi connectivity index (χ2v) is 12.6. The maximum atomic E-state index is 12.7. The molecule has 2 aromatic rings. The van der Waals surface area contributed by atoms with Crippen molar-refractivity contribution in [2.45, 2.75) is 0 Å². The molecule has 0 saturated heterocycles. The van der Waals surface area contributed by atoms with Crippen LogP contribution in [0.4, 0.5) is 0 Å². The van der Waals surface area contributed by atoms with Crippen LogP contribution in [0, 0.1) is 14.3 Å². The first-order valence-corrected chi connectivity index (χ1v) is 14.3. The quantitative estimate of drug-likeness (QED) is 0.0708. The van der Waals surface area contributed by atoms with Crippen molar-refractivity contribution in [2.24, 2.45) is 0 Å². The van der Waals surface area contributed by atoms with E-state index < -0.39 is 5.97 Å². The Morgan fingerprint density at radius 1 is 0.829 bits per heavy atom. The number of rotatable bonds is 2. The summed E-state index contributed by atoms with van der Waals surface area (Å²) in [5.74, 6) is -1.18. The summed E-state index contributed by atoms with van der Waals surface area (Å²) in [7, 11) is 0. The van der Waals surface area contributed by atoms with Crippen LogP contribution < -0.4 is 5.43 Å². The van der Waals surface area contributed by atoms with E-state index in [1.807, 2.05) is 90.4 Å². The average Bonchev–Trinajstić information content (AvgIpc) is 2.76. The maximum absolute atomic E-state index is 12.7. The van der Waals surface area contributed by atoms with Crippen molar-refractivity contribution in [2.75, 3.05) is 0 Å². The molecule has 0 saturated carbocycles. The van der Waals surface area contributed by atoms with Gasteiger partial charge in [-0.2, -0.15) is 0 Å². The minimum atomic E-state index is -1.37. The van der Waals surface area contributed by atoms with Gasteiger partial charge in [-0.05, 0) is 102 Å². The van der Waals surface area contributed by atoms with Crippen LogP contribution in [0.15, 0.2) is 21.3 Å². The molecule has 1 aliphatic heterocycles. The zero-order valence-electron chi connectivity index (χ0n) is 15.3. The number of carboxylic acids is 1. The van der Waals surface area contributed by atoms with E-state index in [1.54, 1.807) is 12.1 Å². The third-order valence-corrected chi connectivity index (χ3v) is 10.2. The van der Waals surface area contributed by atoms with Gasteiger partial charge in [0.2, 0.25) is 5.43 Å². The van der Waals surface area contributed by atoms with Gasteiger partial charge in [0.15, 0.2) is 11.3 Å². The van der Waals surface area contributed by atoms with Crippen molar-refractivity contribution >= 4 is 256 Å². The zero-order valence-corrected chi connectivity index (χ0v) is 27.0. The first-order valence-electron chi connectivity index (χ1n) is 8.43. The van der Waals surface area contributed by atoms with Crippen molar-refractivity contribution in [3.8, 4) is 28.2 Å². The molecule has 0 radical (unpaired) electrons. The molecule has 0 amide bonds. The Kier molecular flexibility index (Phi) is 13.8. The summed E-state index contributed by atoms with van der Waals surface area (Å²) < 4.78 is 7.64. The third-order valence-electron chi connectivity index (χ3n) is 4.75. The monoisotopic (exact) mass is 1050 g/mol. The molecule has 2 aromatic carbocycles. The Morgan fingerprint density at radius 3 is 1.97 bits per heavy atom. The van der Waals surface area contributed by atoms with Gasteiger partial charge in [0.1, 0.15) is 9.32 Å². The van der Waals surface area contributed by atoms with Crippen LogP contribution in [0.1, 0.15) is 10.4 Å². The standard InChI is InChI=1S/C20H4Cl4I4O5.2K.2H/c21-10-8(9(20(31)32)11(22)13(24)12(10)23)7-3-1-5(25)16(29)14(27)18(3)33-19-4(7)2-6(26)17(30)15(19)28;;;;/h1-2,29H,(H,31,32);;;;. The molecule has 1 heterocycles. The van der Waals surface area contributed by atoms with Crippen LogP contribution in [0.3, 0.4) is 0 Å². The number of phenolic OH excluding ortho intramolecular Hbond substituents is 1. The van der Waals surface area contributed by atoms with Crippen molar-refractivity contribution in [1.82, 2.24) is 0 Å². The molecule has 174 valence electrons. The summed E-state index contributed by atoms with van der Waals surface area (Å²) in [6.07, 6.45) is 0. The van der Waals surface area contributed by atoms with Crippen LogP contribution in [0.2, 0.25) is 20.1 Å². The molecule has 0 fully saturated rings. The number of aromatic hydroxyl groups is 1. The van der Waals surface area contributed by atoms with E-state index in [0.29, 0.717) is 27.2 Å². The number of benzene rings is 3. The first kappa shape index (κ1) is 35.0. The van der Waals surface area contributed by atoms with E-state index >= 15 is 0 Å². The molecule has 0 aromatic heterocycles. The van der Waals surface area contributed by atoms with E-state index in [0.717, 1.165) is 0 Å². The van der Waals surface area contributed by atoms with Gasteiger partial charge in [-0.3, -0.25) is 4.79 Å². The molecule has 2 N–H and O–H groups in total. The van der Waals surface area contributed by atoms with Crippen LogP contribution in [0.25, 0.3) is 33.4 Å². The molecule has 0 spiro atoms. The number of fused-ring (bicyclic) bond motifs is 2. The van der Waals surface area contributed by atoms with Crippen molar-refractivity contribution in [3.63, 3.8) is 0 Å². The molecule has 5 nitrogen and oxygen atoms in total. The number of carbonyl (C=O) groups is 1. The van der Waals surface area contributed by atoms with Crippen LogP contribution in [0.5, 0.6) is 5.75 Å².